The van der Waals surface area contributed by atoms with Crippen molar-refractivity contribution in [3.8, 4) is 11.4 Å². The van der Waals surface area contributed by atoms with Crippen LogP contribution in [0, 0.1) is 10.1 Å². The van der Waals surface area contributed by atoms with E-state index in [9.17, 15) is 10.1 Å². The zero-order chi connectivity index (χ0) is 21.1. The molecule has 0 fully saturated rings. The highest BCUT2D eigenvalue weighted by atomic mass is 16.6. The highest BCUT2D eigenvalue weighted by molar-refractivity contribution is 5.73. The van der Waals surface area contributed by atoms with Crippen molar-refractivity contribution >= 4 is 28.8 Å². The fourth-order valence-electron chi connectivity index (χ4n) is 2.89. The highest BCUT2D eigenvalue weighted by Gasteiger charge is 2.21. The van der Waals surface area contributed by atoms with Gasteiger partial charge in [0.1, 0.15) is 11.9 Å². The third kappa shape index (κ3) is 3.61. The molecule has 30 heavy (non-hydrogen) atoms. The second kappa shape index (κ2) is 7.87. The summed E-state index contributed by atoms with van der Waals surface area (Å²) in [6, 6.07) is 16.8. The van der Waals surface area contributed by atoms with Gasteiger partial charge in [0.15, 0.2) is 0 Å². The van der Waals surface area contributed by atoms with Crippen LogP contribution in [-0.2, 0) is 0 Å². The second-order valence-electron chi connectivity index (χ2n) is 6.21. The molecule has 0 aliphatic carbocycles. The summed E-state index contributed by atoms with van der Waals surface area (Å²) in [5, 5.41) is 15.5. The predicted octanol–water partition coefficient (Wildman–Crippen LogP) is 3.63. The summed E-state index contributed by atoms with van der Waals surface area (Å²) < 4.78 is 6.93. The normalized spacial score (nSPS) is 10.6. The van der Waals surface area contributed by atoms with E-state index in [0.717, 1.165) is 11.9 Å². The van der Waals surface area contributed by atoms with Gasteiger partial charge in [-0.15, -0.1) is 0 Å². The van der Waals surface area contributed by atoms with E-state index >= 15 is 0 Å². The molecule has 2 aromatic carbocycles. The summed E-state index contributed by atoms with van der Waals surface area (Å²) in [6.07, 6.45) is 4.55. The van der Waals surface area contributed by atoms with Crippen LogP contribution in [0.2, 0.25) is 0 Å². The molecule has 10 nitrogen and oxygen atoms in total. The van der Waals surface area contributed by atoms with Gasteiger partial charge in [0.2, 0.25) is 11.8 Å². The number of hydrogen-bond donors (Lipinski definition) is 1. The SMILES string of the molecule is COc1ccc(N(c2cnn(-c3ccccc3)c2)c2ncc([N+](=O)[O-])c(N)n2)cc1. The van der Waals surface area contributed by atoms with E-state index in [0.29, 0.717) is 17.1 Å². The van der Waals surface area contributed by atoms with Crippen LogP contribution in [0.15, 0.2) is 73.2 Å². The Bertz CT molecular complexity index is 1180. The molecule has 0 amide bonds. The molecule has 150 valence electrons. The largest absolute Gasteiger partial charge is 0.497 e. The first-order valence-corrected chi connectivity index (χ1v) is 8.88. The van der Waals surface area contributed by atoms with Crippen LogP contribution in [0.5, 0.6) is 5.75 Å². The van der Waals surface area contributed by atoms with Crippen molar-refractivity contribution in [3.05, 3.63) is 83.3 Å². The number of para-hydroxylation sites is 1. The first kappa shape index (κ1) is 18.9. The van der Waals surface area contributed by atoms with Crippen LogP contribution in [0.1, 0.15) is 0 Å². The van der Waals surface area contributed by atoms with Crippen molar-refractivity contribution in [2.24, 2.45) is 0 Å². The molecule has 0 saturated heterocycles. The molecule has 2 aromatic heterocycles. The zero-order valence-corrected chi connectivity index (χ0v) is 15.9. The Morgan fingerprint density at radius 3 is 2.43 bits per heavy atom. The molecule has 0 atom stereocenters. The molecule has 0 aliphatic rings. The van der Waals surface area contributed by atoms with E-state index in [-0.39, 0.29) is 17.5 Å². The van der Waals surface area contributed by atoms with Crippen LogP contribution >= 0.6 is 0 Å². The van der Waals surface area contributed by atoms with E-state index in [4.69, 9.17) is 10.5 Å². The molecule has 4 aromatic rings. The quantitative estimate of drug-likeness (QED) is 0.382. The summed E-state index contributed by atoms with van der Waals surface area (Å²) in [5.74, 6) is 0.637. The van der Waals surface area contributed by atoms with Crippen LogP contribution in [-0.4, -0.2) is 31.8 Å². The van der Waals surface area contributed by atoms with Crippen molar-refractivity contribution in [2.45, 2.75) is 0 Å². The number of benzene rings is 2. The monoisotopic (exact) mass is 403 g/mol. The van der Waals surface area contributed by atoms with Crippen molar-refractivity contribution in [2.75, 3.05) is 17.7 Å². The Morgan fingerprint density at radius 1 is 1.07 bits per heavy atom. The van der Waals surface area contributed by atoms with Crippen molar-refractivity contribution in [1.29, 1.82) is 0 Å². The van der Waals surface area contributed by atoms with Gasteiger partial charge in [-0.25, -0.2) is 9.67 Å². The van der Waals surface area contributed by atoms with Gasteiger partial charge in [-0.2, -0.15) is 10.1 Å². The van der Waals surface area contributed by atoms with Gasteiger partial charge in [-0.05, 0) is 36.4 Å². The number of nitrogens with two attached hydrogens (primary N) is 1. The average Bonchev–Trinajstić information content (AvgIpc) is 3.24. The Labute approximate surface area is 171 Å². The number of anilines is 4. The van der Waals surface area contributed by atoms with E-state index < -0.39 is 4.92 Å². The minimum Gasteiger partial charge on any atom is -0.497 e. The van der Waals surface area contributed by atoms with Crippen LogP contribution in [0.3, 0.4) is 0 Å². The van der Waals surface area contributed by atoms with Gasteiger partial charge >= 0.3 is 5.69 Å². The molecule has 0 spiro atoms. The van der Waals surface area contributed by atoms with Crippen molar-refractivity contribution in [1.82, 2.24) is 19.7 Å². The molecule has 0 radical (unpaired) electrons. The lowest BCUT2D eigenvalue weighted by atomic mass is 10.2. The van der Waals surface area contributed by atoms with Gasteiger partial charge in [-0.3, -0.25) is 15.0 Å². The van der Waals surface area contributed by atoms with Gasteiger partial charge in [-0.1, -0.05) is 18.2 Å². The third-order valence-electron chi connectivity index (χ3n) is 4.36. The molecular formula is C20H17N7O3. The Morgan fingerprint density at radius 2 is 1.80 bits per heavy atom. The second-order valence-corrected chi connectivity index (χ2v) is 6.21. The van der Waals surface area contributed by atoms with Gasteiger partial charge < -0.3 is 10.5 Å². The number of nitro groups is 1. The molecule has 2 N–H and O–H groups in total. The Kier molecular flexibility index (Phi) is 4.95. The molecule has 0 saturated carbocycles. The number of ether oxygens (including phenoxy) is 1. The van der Waals surface area contributed by atoms with Crippen LogP contribution in [0.25, 0.3) is 5.69 Å². The first-order valence-electron chi connectivity index (χ1n) is 8.88. The Balaban J connectivity index is 1.81. The highest BCUT2D eigenvalue weighted by Crippen LogP contribution is 2.34. The summed E-state index contributed by atoms with van der Waals surface area (Å²) in [4.78, 5) is 20.5. The topological polar surface area (TPSA) is 125 Å². The standard InChI is InChI=1S/C20H17N7O3/c1-30-17-9-7-15(8-10-17)26(20-22-12-18(27(28)29)19(21)24-20)16-11-23-25(13-16)14-5-3-2-4-6-14/h2-13H,1H3,(H2,21,22,24). The van der Waals surface area contributed by atoms with Gasteiger partial charge in [0.05, 0.1) is 35.8 Å². The number of nitrogen functional groups attached to an aromatic ring is 1. The smallest absolute Gasteiger partial charge is 0.329 e. The summed E-state index contributed by atoms with van der Waals surface area (Å²) in [5.41, 5.74) is 7.68. The number of methoxy groups -OCH3 is 1. The fraction of sp³-hybridized carbons (Fsp3) is 0.0500. The average molecular weight is 403 g/mol. The van der Waals surface area contributed by atoms with E-state index in [1.807, 2.05) is 42.5 Å². The zero-order valence-electron chi connectivity index (χ0n) is 15.9. The lowest BCUT2D eigenvalue weighted by molar-refractivity contribution is -0.384. The summed E-state index contributed by atoms with van der Waals surface area (Å²) >= 11 is 0. The molecule has 2 heterocycles. The van der Waals surface area contributed by atoms with Crippen molar-refractivity contribution < 1.29 is 9.66 Å². The first-order chi connectivity index (χ1) is 14.6. The molecule has 0 aliphatic heterocycles. The molecule has 0 bridgehead atoms. The molecular weight excluding hydrogens is 386 g/mol. The minimum absolute atomic E-state index is 0.177. The van der Waals surface area contributed by atoms with Gasteiger partial charge in [0, 0.05) is 5.69 Å². The molecule has 0 unspecified atom stereocenters. The third-order valence-corrected chi connectivity index (χ3v) is 4.36. The van der Waals surface area contributed by atoms with E-state index in [2.05, 4.69) is 15.1 Å². The number of hydrogen-bond acceptors (Lipinski definition) is 8. The summed E-state index contributed by atoms with van der Waals surface area (Å²) in [7, 11) is 1.58. The number of rotatable bonds is 6. The van der Waals surface area contributed by atoms with Crippen LogP contribution < -0.4 is 15.4 Å². The minimum atomic E-state index is -0.621. The lowest BCUT2D eigenvalue weighted by Gasteiger charge is -2.21. The maximum atomic E-state index is 11.1. The predicted molar refractivity (Wildman–Crippen MR) is 111 cm³/mol. The number of nitrogens with zero attached hydrogens (tertiary/aromatic N) is 6. The maximum Gasteiger partial charge on any atom is 0.329 e. The van der Waals surface area contributed by atoms with Crippen molar-refractivity contribution in [3.63, 3.8) is 0 Å². The van der Waals surface area contributed by atoms with Crippen LogP contribution in [0.4, 0.5) is 28.8 Å². The number of aromatic nitrogens is 4. The van der Waals surface area contributed by atoms with E-state index in [1.165, 1.54) is 0 Å². The maximum absolute atomic E-state index is 11.1. The van der Waals surface area contributed by atoms with Gasteiger partial charge in [0.25, 0.3) is 0 Å². The summed E-state index contributed by atoms with van der Waals surface area (Å²) in [6.45, 7) is 0. The lowest BCUT2D eigenvalue weighted by Crippen LogP contribution is -2.14. The fourth-order valence-corrected chi connectivity index (χ4v) is 2.89. The molecule has 4 rings (SSSR count). The van der Waals surface area contributed by atoms with E-state index in [1.54, 1.807) is 41.2 Å². The Hall–Kier alpha value is -4.47. The molecule has 10 heteroatoms.